The molecule has 1 saturated heterocycles. The minimum atomic E-state index is -1.73. The number of amides is 2. The molecule has 15 heavy (non-hydrogen) atoms. The van der Waals surface area contributed by atoms with Gasteiger partial charge < -0.3 is 0 Å². The van der Waals surface area contributed by atoms with Crippen LogP contribution in [0.15, 0.2) is 30.3 Å². The molecule has 0 aliphatic carbocycles. The summed E-state index contributed by atoms with van der Waals surface area (Å²) in [5, 5.41) is -0.517. The third-order valence-electron chi connectivity index (χ3n) is 2.07. The maximum atomic E-state index is 12.9. The molecule has 1 aliphatic rings. The van der Waals surface area contributed by atoms with Crippen molar-refractivity contribution in [3.63, 3.8) is 0 Å². The van der Waals surface area contributed by atoms with E-state index < -0.39 is 16.7 Å². The molecule has 1 aromatic rings. The van der Waals surface area contributed by atoms with Crippen molar-refractivity contribution in [3.05, 3.63) is 35.9 Å². The Hall–Kier alpha value is -1.36. The maximum Gasteiger partial charge on any atom is 0.291 e. The lowest BCUT2D eigenvalue weighted by atomic mass is 10.2. The minimum absolute atomic E-state index is 0.145. The Labute approximate surface area is 90.3 Å². The zero-order valence-corrected chi connectivity index (χ0v) is 8.54. The van der Waals surface area contributed by atoms with Crippen molar-refractivity contribution in [1.82, 2.24) is 4.90 Å². The van der Waals surface area contributed by atoms with Gasteiger partial charge in [-0.05, 0) is 17.3 Å². The number of alkyl halides is 1. The molecular weight excluding hydrogens is 217 g/mol. The second kappa shape index (κ2) is 4.02. The van der Waals surface area contributed by atoms with E-state index in [4.69, 9.17) is 0 Å². The van der Waals surface area contributed by atoms with Crippen LogP contribution in [0, 0.1) is 0 Å². The van der Waals surface area contributed by atoms with Gasteiger partial charge >= 0.3 is 0 Å². The molecule has 0 aromatic heterocycles. The molecular formula is C10H8FNO2S. The zero-order chi connectivity index (χ0) is 10.8. The van der Waals surface area contributed by atoms with Crippen LogP contribution in [0.5, 0.6) is 0 Å². The van der Waals surface area contributed by atoms with Crippen LogP contribution in [0.3, 0.4) is 0 Å². The Morgan fingerprint density at radius 3 is 2.47 bits per heavy atom. The van der Waals surface area contributed by atoms with Gasteiger partial charge in [0.05, 0.1) is 6.54 Å². The Bertz CT molecular complexity index is 396. The number of nitrogens with zero attached hydrogens (tertiary/aromatic N) is 1. The monoisotopic (exact) mass is 225 g/mol. The van der Waals surface area contributed by atoms with Gasteiger partial charge in [-0.2, -0.15) is 0 Å². The first-order chi connectivity index (χ1) is 7.18. The van der Waals surface area contributed by atoms with Crippen LogP contribution in [0.25, 0.3) is 0 Å². The van der Waals surface area contributed by atoms with Crippen molar-refractivity contribution < 1.29 is 14.0 Å². The van der Waals surface area contributed by atoms with Gasteiger partial charge in [-0.3, -0.25) is 14.5 Å². The highest BCUT2D eigenvalue weighted by Crippen LogP contribution is 2.28. The highest BCUT2D eigenvalue weighted by Gasteiger charge is 2.39. The molecule has 2 rings (SSSR count). The van der Waals surface area contributed by atoms with Crippen LogP contribution in [0.2, 0.25) is 0 Å². The molecule has 1 fully saturated rings. The molecule has 78 valence electrons. The lowest BCUT2D eigenvalue weighted by Gasteiger charge is -2.11. The predicted octanol–water partition coefficient (Wildman–Crippen LogP) is 2.18. The van der Waals surface area contributed by atoms with E-state index in [2.05, 4.69) is 0 Å². The fraction of sp³-hybridized carbons (Fsp3) is 0.200. The predicted molar refractivity (Wildman–Crippen MR) is 54.9 cm³/mol. The third-order valence-corrected chi connectivity index (χ3v) is 2.90. The van der Waals surface area contributed by atoms with Gasteiger partial charge in [-0.25, -0.2) is 4.39 Å². The fourth-order valence-electron chi connectivity index (χ4n) is 1.32. The van der Waals surface area contributed by atoms with Crippen molar-refractivity contribution in [3.8, 4) is 0 Å². The Kier molecular flexibility index (Phi) is 2.73. The Morgan fingerprint density at radius 2 is 1.93 bits per heavy atom. The number of rotatable bonds is 2. The summed E-state index contributed by atoms with van der Waals surface area (Å²) in [7, 11) is 0. The first kappa shape index (κ1) is 10.2. The second-order valence-corrected chi connectivity index (χ2v) is 4.11. The summed E-state index contributed by atoms with van der Waals surface area (Å²) in [5.74, 6) is -0.756. The van der Waals surface area contributed by atoms with E-state index in [1.54, 1.807) is 24.3 Å². The number of hydrogen-bond acceptors (Lipinski definition) is 3. The molecule has 1 aliphatic heterocycles. The summed E-state index contributed by atoms with van der Waals surface area (Å²) in [4.78, 5) is 23.4. The molecule has 0 radical (unpaired) electrons. The van der Waals surface area contributed by atoms with E-state index in [9.17, 15) is 14.0 Å². The average molecular weight is 225 g/mol. The van der Waals surface area contributed by atoms with Crippen molar-refractivity contribution in [1.29, 1.82) is 0 Å². The molecule has 1 aromatic carbocycles. The number of thioether (sulfide) groups is 1. The van der Waals surface area contributed by atoms with Crippen LogP contribution in [0.1, 0.15) is 5.56 Å². The van der Waals surface area contributed by atoms with Gasteiger partial charge in [-0.15, -0.1) is 0 Å². The van der Waals surface area contributed by atoms with Gasteiger partial charge in [-0.1, -0.05) is 30.3 Å². The van der Waals surface area contributed by atoms with Gasteiger partial charge in [0.1, 0.15) is 0 Å². The van der Waals surface area contributed by atoms with E-state index in [0.29, 0.717) is 11.8 Å². The number of carbonyl (C=O) groups is 2. The number of hydrogen-bond donors (Lipinski definition) is 0. The summed E-state index contributed by atoms with van der Waals surface area (Å²) in [6, 6.07) is 9.03. The normalized spacial score (nSPS) is 21.1. The van der Waals surface area contributed by atoms with Crippen molar-refractivity contribution in [2.24, 2.45) is 0 Å². The van der Waals surface area contributed by atoms with E-state index >= 15 is 0 Å². The van der Waals surface area contributed by atoms with E-state index in [1.165, 1.54) is 0 Å². The number of benzene rings is 1. The number of imide groups is 1. The lowest BCUT2D eigenvalue weighted by Crippen LogP contribution is -2.29. The Morgan fingerprint density at radius 1 is 1.27 bits per heavy atom. The van der Waals surface area contributed by atoms with Crippen LogP contribution in [0.4, 0.5) is 9.18 Å². The van der Waals surface area contributed by atoms with Crippen LogP contribution in [-0.4, -0.2) is 21.6 Å². The highest BCUT2D eigenvalue weighted by molar-refractivity contribution is 8.15. The summed E-state index contributed by atoms with van der Waals surface area (Å²) < 4.78 is 12.9. The third kappa shape index (κ3) is 2.02. The summed E-state index contributed by atoms with van der Waals surface area (Å²) in [6.45, 7) is 0.145. The van der Waals surface area contributed by atoms with Crippen molar-refractivity contribution in [2.45, 2.75) is 12.0 Å². The number of halogens is 1. The molecule has 1 atom stereocenters. The SMILES string of the molecule is O=C1SC(F)C(=O)N1Cc1ccccc1. The summed E-state index contributed by atoms with van der Waals surface area (Å²) in [5.41, 5.74) is -0.921. The van der Waals surface area contributed by atoms with Gasteiger partial charge in [0.25, 0.3) is 11.1 Å². The molecule has 2 amide bonds. The fourth-order valence-corrected chi connectivity index (χ4v) is 2.01. The van der Waals surface area contributed by atoms with E-state index in [0.717, 1.165) is 10.5 Å². The first-order valence-electron chi connectivity index (χ1n) is 4.38. The molecule has 1 unspecified atom stereocenters. The molecule has 1 heterocycles. The molecule has 5 heteroatoms. The molecule has 0 N–H and O–H groups in total. The van der Waals surface area contributed by atoms with Crippen LogP contribution < -0.4 is 0 Å². The topological polar surface area (TPSA) is 37.4 Å². The van der Waals surface area contributed by atoms with Crippen molar-refractivity contribution >= 4 is 22.9 Å². The van der Waals surface area contributed by atoms with E-state index in [-0.39, 0.29) is 6.54 Å². The van der Waals surface area contributed by atoms with Gasteiger partial charge in [0, 0.05) is 0 Å². The minimum Gasteiger partial charge on any atom is -0.270 e. The second-order valence-electron chi connectivity index (χ2n) is 3.11. The smallest absolute Gasteiger partial charge is 0.270 e. The first-order valence-corrected chi connectivity index (χ1v) is 5.26. The van der Waals surface area contributed by atoms with Gasteiger partial charge in [0.2, 0.25) is 5.50 Å². The molecule has 0 spiro atoms. The average Bonchev–Trinajstić information content (AvgIpc) is 2.47. The number of carbonyl (C=O) groups excluding carboxylic acids is 2. The Balaban J connectivity index is 2.13. The quantitative estimate of drug-likeness (QED) is 0.774. The standard InChI is InChI=1S/C10H8FNO2S/c11-8-9(13)12(10(14)15-8)6-7-4-2-1-3-5-7/h1-5,8H,6H2. The largest absolute Gasteiger partial charge is 0.291 e. The maximum absolute atomic E-state index is 12.9. The van der Waals surface area contributed by atoms with Crippen LogP contribution >= 0.6 is 11.8 Å². The van der Waals surface area contributed by atoms with Crippen LogP contribution in [-0.2, 0) is 11.3 Å². The molecule has 3 nitrogen and oxygen atoms in total. The summed E-state index contributed by atoms with van der Waals surface area (Å²) >= 11 is 0.427. The summed E-state index contributed by atoms with van der Waals surface area (Å²) in [6.07, 6.45) is 0. The van der Waals surface area contributed by atoms with Crippen molar-refractivity contribution in [2.75, 3.05) is 0 Å². The molecule has 0 saturated carbocycles. The van der Waals surface area contributed by atoms with E-state index in [1.807, 2.05) is 6.07 Å². The zero-order valence-electron chi connectivity index (χ0n) is 7.72. The van der Waals surface area contributed by atoms with Gasteiger partial charge in [0.15, 0.2) is 0 Å². The molecule has 0 bridgehead atoms. The highest BCUT2D eigenvalue weighted by atomic mass is 32.2. The lowest BCUT2D eigenvalue weighted by molar-refractivity contribution is -0.129.